The van der Waals surface area contributed by atoms with Gasteiger partial charge in [-0.05, 0) is 41.0 Å². The molecule has 3 rings (SSSR count). The molecule has 0 spiro atoms. The minimum absolute atomic E-state index is 0.388. The van der Waals surface area contributed by atoms with Gasteiger partial charge >= 0.3 is 0 Å². The number of hydrogen-bond acceptors (Lipinski definition) is 2. The Morgan fingerprint density at radius 2 is 1.26 bits per heavy atom. The van der Waals surface area contributed by atoms with Crippen LogP contribution in [-0.4, -0.2) is 5.71 Å². The van der Waals surface area contributed by atoms with E-state index in [9.17, 15) is 0 Å². The molecule has 0 saturated heterocycles. The fraction of sp³-hybridized carbons (Fsp3) is 0.0417. The van der Waals surface area contributed by atoms with E-state index >= 15 is 0 Å². The Bertz CT molecular complexity index is 862. The van der Waals surface area contributed by atoms with Gasteiger partial charge in [0.2, 0.25) is 0 Å². The zero-order valence-electron chi connectivity index (χ0n) is 14.8. The zero-order chi connectivity index (χ0) is 18.7. The molecular weight excluding hydrogens is 354 g/mol. The van der Waals surface area contributed by atoms with Gasteiger partial charge in [0, 0.05) is 5.02 Å². The monoisotopic (exact) mass is 373 g/mol. The fourth-order valence-corrected chi connectivity index (χ4v) is 2.50. The summed E-state index contributed by atoms with van der Waals surface area (Å²) in [6, 6.07) is 27.7. The second-order valence-electron chi connectivity index (χ2n) is 5.90. The summed E-state index contributed by atoms with van der Waals surface area (Å²) in [5.41, 5.74) is 3.96. The van der Waals surface area contributed by atoms with Crippen molar-refractivity contribution in [2.75, 3.05) is 0 Å². The van der Waals surface area contributed by atoms with Gasteiger partial charge in [0.1, 0.15) is 12.3 Å². The first-order chi connectivity index (χ1) is 13.3. The van der Waals surface area contributed by atoms with Crippen LogP contribution in [0.2, 0.25) is 5.02 Å². The van der Waals surface area contributed by atoms with Crippen LogP contribution >= 0.6 is 11.6 Å². The first kappa shape index (κ1) is 18.7. The normalized spacial score (nSPS) is 11.0. The lowest BCUT2D eigenvalue weighted by atomic mass is 10.1. The average molecular weight is 374 g/mol. The SMILES string of the molecule is Clc1ccc(CON=C(/C=C/c2ccccc2)/C=C/c2ccccc2)cc1. The Balaban J connectivity index is 1.72. The Labute approximate surface area is 165 Å². The molecular formula is C24H20ClNO. The van der Waals surface area contributed by atoms with E-state index < -0.39 is 0 Å². The molecule has 0 aliphatic rings. The molecule has 2 nitrogen and oxygen atoms in total. The second kappa shape index (κ2) is 10.1. The van der Waals surface area contributed by atoms with Crippen LogP contribution < -0.4 is 0 Å². The molecule has 0 aliphatic carbocycles. The maximum Gasteiger partial charge on any atom is 0.142 e. The summed E-state index contributed by atoms with van der Waals surface area (Å²) in [4.78, 5) is 5.54. The molecule has 3 aromatic rings. The van der Waals surface area contributed by atoms with E-state index in [2.05, 4.69) is 5.16 Å². The van der Waals surface area contributed by atoms with Crippen molar-refractivity contribution < 1.29 is 4.84 Å². The number of benzene rings is 3. The molecule has 0 heterocycles. The van der Waals surface area contributed by atoms with Crippen molar-refractivity contribution in [1.29, 1.82) is 0 Å². The van der Waals surface area contributed by atoms with E-state index in [1.165, 1.54) is 0 Å². The average Bonchev–Trinajstić information content (AvgIpc) is 2.72. The van der Waals surface area contributed by atoms with Gasteiger partial charge in [-0.1, -0.05) is 102 Å². The Hall–Kier alpha value is -3.10. The summed E-state index contributed by atoms with van der Waals surface area (Å²) in [7, 11) is 0. The molecule has 0 unspecified atom stereocenters. The second-order valence-corrected chi connectivity index (χ2v) is 6.34. The van der Waals surface area contributed by atoms with Gasteiger partial charge in [-0.3, -0.25) is 0 Å². The van der Waals surface area contributed by atoms with Crippen molar-refractivity contribution in [1.82, 2.24) is 0 Å². The minimum Gasteiger partial charge on any atom is -0.390 e. The van der Waals surface area contributed by atoms with Crippen LogP contribution in [0.5, 0.6) is 0 Å². The van der Waals surface area contributed by atoms with Crippen LogP contribution in [0.25, 0.3) is 12.2 Å². The van der Waals surface area contributed by atoms with Gasteiger partial charge in [-0.25, -0.2) is 0 Å². The van der Waals surface area contributed by atoms with Crippen LogP contribution in [-0.2, 0) is 11.4 Å². The Kier molecular flexibility index (Phi) is 7.02. The van der Waals surface area contributed by atoms with E-state index in [1.807, 2.05) is 109 Å². The van der Waals surface area contributed by atoms with Gasteiger partial charge in [0.05, 0.1) is 0 Å². The van der Waals surface area contributed by atoms with Gasteiger partial charge < -0.3 is 4.84 Å². The van der Waals surface area contributed by atoms with Crippen LogP contribution in [0.15, 0.2) is 102 Å². The summed E-state index contributed by atoms with van der Waals surface area (Å²) >= 11 is 5.91. The molecule has 27 heavy (non-hydrogen) atoms. The van der Waals surface area contributed by atoms with Crippen molar-refractivity contribution in [2.24, 2.45) is 5.16 Å². The van der Waals surface area contributed by atoms with Gasteiger partial charge in [0.15, 0.2) is 0 Å². The van der Waals surface area contributed by atoms with E-state index in [4.69, 9.17) is 16.4 Å². The summed E-state index contributed by atoms with van der Waals surface area (Å²) in [6.07, 6.45) is 7.91. The smallest absolute Gasteiger partial charge is 0.142 e. The van der Waals surface area contributed by atoms with Crippen LogP contribution in [0.1, 0.15) is 16.7 Å². The lowest BCUT2D eigenvalue weighted by Crippen LogP contribution is -1.93. The molecule has 134 valence electrons. The third kappa shape index (κ3) is 6.61. The topological polar surface area (TPSA) is 21.6 Å². The highest BCUT2D eigenvalue weighted by Gasteiger charge is 1.95. The molecule has 0 aromatic heterocycles. The van der Waals surface area contributed by atoms with E-state index in [0.29, 0.717) is 11.6 Å². The highest BCUT2D eigenvalue weighted by molar-refractivity contribution is 6.30. The summed E-state index contributed by atoms with van der Waals surface area (Å²) < 4.78 is 0. The molecule has 0 fully saturated rings. The first-order valence-electron chi connectivity index (χ1n) is 8.70. The van der Waals surface area contributed by atoms with Gasteiger partial charge in [-0.15, -0.1) is 0 Å². The molecule has 3 aromatic carbocycles. The Morgan fingerprint density at radius 3 is 1.78 bits per heavy atom. The third-order valence-corrected chi connectivity index (χ3v) is 4.06. The molecule has 0 bridgehead atoms. The van der Waals surface area contributed by atoms with E-state index in [-0.39, 0.29) is 0 Å². The van der Waals surface area contributed by atoms with Crippen molar-refractivity contribution in [3.8, 4) is 0 Å². The number of hydrogen-bond donors (Lipinski definition) is 0. The highest BCUT2D eigenvalue weighted by Crippen LogP contribution is 2.11. The maximum atomic E-state index is 5.91. The predicted octanol–water partition coefficient (Wildman–Crippen LogP) is 6.64. The predicted molar refractivity (Wildman–Crippen MR) is 115 cm³/mol. The number of nitrogens with zero attached hydrogens (tertiary/aromatic N) is 1. The lowest BCUT2D eigenvalue weighted by molar-refractivity contribution is 0.131. The maximum absolute atomic E-state index is 5.91. The zero-order valence-corrected chi connectivity index (χ0v) is 15.6. The molecule has 3 heteroatoms. The van der Waals surface area contributed by atoms with Crippen molar-refractivity contribution >= 4 is 29.5 Å². The van der Waals surface area contributed by atoms with Gasteiger partial charge in [-0.2, -0.15) is 0 Å². The molecule has 0 aliphatic heterocycles. The fourth-order valence-electron chi connectivity index (χ4n) is 2.37. The highest BCUT2D eigenvalue weighted by atomic mass is 35.5. The van der Waals surface area contributed by atoms with Crippen LogP contribution in [0.3, 0.4) is 0 Å². The summed E-state index contributed by atoms with van der Waals surface area (Å²) in [6.45, 7) is 0.388. The lowest BCUT2D eigenvalue weighted by Gasteiger charge is -2.01. The summed E-state index contributed by atoms with van der Waals surface area (Å²) in [5.74, 6) is 0. The molecule has 0 saturated carbocycles. The van der Waals surface area contributed by atoms with Crippen molar-refractivity contribution in [3.05, 3.63) is 119 Å². The van der Waals surface area contributed by atoms with Gasteiger partial charge in [0.25, 0.3) is 0 Å². The molecule has 0 radical (unpaired) electrons. The molecule has 0 N–H and O–H groups in total. The summed E-state index contributed by atoms with van der Waals surface area (Å²) in [5, 5.41) is 4.99. The Morgan fingerprint density at radius 1 is 0.741 bits per heavy atom. The van der Waals surface area contributed by atoms with Crippen molar-refractivity contribution in [2.45, 2.75) is 6.61 Å². The van der Waals surface area contributed by atoms with Crippen LogP contribution in [0.4, 0.5) is 0 Å². The van der Waals surface area contributed by atoms with Crippen molar-refractivity contribution in [3.63, 3.8) is 0 Å². The minimum atomic E-state index is 0.388. The largest absolute Gasteiger partial charge is 0.390 e. The quantitative estimate of drug-likeness (QED) is 0.336. The number of halogens is 1. The number of allylic oxidation sites excluding steroid dienone is 2. The van der Waals surface area contributed by atoms with Crippen LogP contribution in [0, 0.1) is 0 Å². The molecule has 0 amide bonds. The number of rotatable bonds is 7. The third-order valence-electron chi connectivity index (χ3n) is 3.81. The van der Waals surface area contributed by atoms with E-state index in [1.54, 1.807) is 0 Å². The van der Waals surface area contributed by atoms with E-state index in [0.717, 1.165) is 22.4 Å². The first-order valence-corrected chi connectivity index (χ1v) is 9.08. The standard InChI is InChI=1S/C24H20ClNO/c25-23-15-11-22(12-16-23)19-27-26-24(17-13-20-7-3-1-4-8-20)18-14-21-9-5-2-6-10-21/h1-18H,19H2/b17-13+,18-14+. The number of oxime groups is 1. The molecule has 0 atom stereocenters.